The molecule has 0 aliphatic carbocycles. The number of aryl methyl sites for hydroxylation is 1. The molecular formula is C14H14N4S. The molecule has 0 radical (unpaired) electrons. The molecule has 3 aromatic heterocycles. The second-order valence-electron chi connectivity index (χ2n) is 4.38. The second kappa shape index (κ2) is 4.51. The van der Waals surface area contributed by atoms with Crippen LogP contribution in [0.3, 0.4) is 0 Å². The van der Waals surface area contributed by atoms with Gasteiger partial charge in [-0.3, -0.25) is 0 Å². The third kappa shape index (κ3) is 2.02. The van der Waals surface area contributed by atoms with Crippen molar-refractivity contribution in [2.24, 2.45) is 0 Å². The Morgan fingerprint density at radius 2 is 2.11 bits per heavy atom. The first kappa shape index (κ1) is 11.9. The zero-order chi connectivity index (χ0) is 13.4. The van der Waals surface area contributed by atoms with Crippen molar-refractivity contribution in [2.45, 2.75) is 13.8 Å². The summed E-state index contributed by atoms with van der Waals surface area (Å²) in [5.41, 5.74) is 10.0. The maximum absolute atomic E-state index is 5.71. The molecule has 5 heteroatoms. The highest BCUT2D eigenvalue weighted by Crippen LogP contribution is 2.30. The van der Waals surface area contributed by atoms with Gasteiger partial charge in [-0.25, -0.2) is 9.97 Å². The van der Waals surface area contributed by atoms with E-state index in [0.717, 1.165) is 28.5 Å². The predicted octanol–water partition coefficient (Wildman–Crippen LogP) is 3.19. The van der Waals surface area contributed by atoms with E-state index in [1.54, 1.807) is 6.20 Å². The summed E-state index contributed by atoms with van der Waals surface area (Å²) in [6.07, 6.45) is 1.80. The highest BCUT2D eigenvalue weighted by Gasteiger charge is 2.14. The number of pyridine rings is 1. The van der Waals surface area contributed by atoms with Gasteiger partial charge in [0.1, 0.15) is 5.82 Å². The second-order valence-corrected chi connectivity index (χ2v) is 5.27. The van der Waals surface area contributed by atoms with Gasteiger partial charge in [0.25, 0.3) is 0 Å². The Bertz CT molecular complexity index is 712. The first-order chi connectivity index (χ1) is 9.16. The van der Waals surface area contributed by atoms with Gasteiger partial charge in [-0.1, -0.05) is 6.07 Å². The molecule has 19 heavy (non-hydrogen) atoms. The summed E-state index contributed by atoms with van der Waals surface area (Å²) in [7, 11) is 0. The molecule has 0 unspecified atom stereocenters. The first-order valence-corrected chi connectivity index (χ1v) is 6.86. The van der Waals surface area contributed by atoms with Crippen molar-refractivity contribution in [3.05, 3.63) is 47.2 Å². The summed E-state index contributed by atoms with van der Waals surface area (Å²) in [6, 6.07) is 8.03. The van der Waals surface area contributed by atoms with E-state index in [0.29, 0.717) is 5.13 Å². The van der Waals surface area contributed by atoms with Crippen LogP contribution in [0.4, 0.5) is 5.13 Å². The normalized spacial score (nSPS) is 10.8. The van der Waals surface area contributed by atoms with Gasteiger partial charge in [0.05, 0.1) is 5.69 Å². The molecule has 0 amide bonds. The number of hydrogen-bond acceptors (Lipinski definition) is 4. The maximum atomic E-state index is 5.71. The van der Waals surface area contributed by atoms with Crippen LogP contribution >= 0.6 is 11.3 Å². The Hall–Kier alpha value is -2.14. The lowest BCUT2D eigenvalue weighted by Crippen LogP contribution is -2.01. The molecule has 0 fully saturated rings. The van der Waals surface area contributed by atoms with Crippen LogP contribution in [-0.4, -0.2) is 14.5 Å². The number of anilines is 1. The van der Waals surface area contributed by atoms with Crippen molar-refractivity contribution < 1.29 is 0 Å². The lowest BCUT2D eigenvalue weighted by Gasteiger charge is -2.07. The van der Waals surface area contributed by atoms with Crippen molar-refractivity contribution in [1.29, 1.82) is 0 Å². The van der Waals surface area contributed by atoms with E-state index in [9.17, 15) is 0 Å². The molecule has 96 valence electrons. The van der Waals surface area contributed by atoms with Crippen molar-refractivity contribution in [1.82, 2.24) is 14.5 Å². The van der Waals surface area contributed by atoms with Gasteiger partial charge in [0.2, 0.25) is 0 Å². The lowest BCUT2D eigenvalue weighted by atomic mass is 10.2. The molecule has 2 N–H and O–H groups in total. The van der Waals surface area contributed by atoms with E-state index in [1.165, 1.54) is 11.3 Å². The van der Waals surface area contributed by atoms with Crippen molar-refractivity contribution >= 4 is 16.5 Å². The molecule has 0 aromatic carbocycles. The fourth-order valence-corrected chi connectivity index (χ4v) is 2.84. The number of nitrogen functional groups attached to an aromatic ring is 1. The van der Waals surface area contributed by atoms with Crippen LogP contribution in [-0.2, 0) is 0 Å². The fourth-order valence-electron chi connectivity index (χ4n) is 2.27. The zero-order valence-electron chi connectivity index (χ0n) is 10.8. The molecule has 0 saturated heterocycles. The molecule has 0 bridgehead atoms. The van der Waals surface area contributed by atoms with Gasteiger partial charge in [-0.05, 0) is 32.0 Å². The summed E-state index contributed by atoms with van der Waals surface area (Å²) < 4.78 is 2.13. The zero-order valence-corrected chi connectivity index (χ0v) is 11.6. The van der Waals surface area contributed by atoms with E-state index in [2.05, 4.69) is 34.4 Å². The largest absolute Gasteiger partial charge is 0.375 e. The monoisotopic (exact) mass is 270 g/mol. The summed E-state index contributed by atoms with van der Waals surface area (Å²) >= 11 is 1.46. The molecule has 0 aliphatic rings. The summed E-state index contributed by atoms with van der Waals surface area (Å²) in [5.74, 6) is 0.923. The van der Waals surface area contributed by atoms with Gasteiger partial charge in [-0.2, -0.15) is 0 Å². The molecule has 0 saturated carbocycles. The summed E-state index contributed by atoms with van der Waals surface area (Å²) in [4.78, 5) is 8.76. The van der Waals surface area contributed by atoms with Crippen molar-refractivity contribution in [3.8, 4) is 17.1 Å². The molecule has 3 rings (SSSR count). The molecule has 3 heterocycles. The minimum Gasteiger partial charge on any atom is -0.375 e. The minimum absolute atomic E-state index is 0.595. The molecule has 4 nitrogen and oxygen atoms in total. The third-order valence-corrected chi connectivity index (χ3v) is 3.78. The molecular weight excluding hydrogens is 256 g/mol. The van der Waals surface area contributed by atoms with E-state index in [1.807, 2.05) is 23.6 Å². The quantitative estimate of drug-likeness (QED) is 0.778. The Balaban J connectivity index is 2.16. The third-order valence-electron chi connectivity index (χ3n) is 3.11. The van der Waals surface area contributed by atoms with Crippen LogP contribution < -0.4 is 5.73 Å². The SMILES string of the molecule is Cc1cc(-c2csc(N)n2)c(C)n1-c1ccccn1. The van der Waals surface area contributed by atoms with Crippen LogP contribution in [0.2, 0.25) is 0 Å². The molecule has 0 atom stereocenters. The van der Waals surface area contributed by atoms with Crippen LogP contribution in [0.1, 0.15) is 11.4 Å². The molecule has 0 spiro atoms. The maximum Gasteiger partial charge on any atom is 0.180 e. The Labute approximate surface area is 115 Å². The van der Waals surface area contributed by atoms with Gasteiger partial charge in [0, 0.05) is 28.5 Å². The Morgan fingerprint density at radius 1 is 1.26 bits per heavy atom. The topological polar surface area (TPSA) is 56.7 Å². The van der Waals surface area contributed by atoms with Crippen molar-refractivity contribution in [3.63, 3.8) is 0 Å². The van der Waals surface area contributed by atoms with Gasteiger partial charge < -0.3 is 10.3 Å². The standard InChI is InChI=1S/C14H14N4S/c1-9-7-11(12-8-19-14(15)17-12)10(2)18(9)13-5-3-4-6-16-13/h3-8H,1-2H3,(H2,15,17). The van der Waals surface area contributed by atoms with Gasteiger partial charge in [-0.15, -0.1) is 11.3 Å². The average Bonchev–Trinajstić information content (AvgIpc) is 2.95. The predicted molar refractivity (Wildman–Crippen MR) is 78.6 cm³/mol. The number of nitrogens with two attached hydrogens (primary N) is 1. The Kier molecular flexibility index (Phi) is 2.83. The summed E-state index contributed by atoms with van der Waals surface area (Å²) in [6.45, 7) is 4.15. The van der Waals surface area contributed by atoms with Crippen LogP contribution in [0.15, 0.2) is 35.8 Å². The number of rotatable bonds is 2. The number of hydrogen-bond donors (Lipinski definition) is 1. The smallest absolute Gasteiger partial charge is 0.180 e. The van der Waals surface area contributed by atoms with Gasteiger partial charge >= 0.3 is 0 Å². The number of nitrogens with zero attached hydrogens (tertiary/aromatic N) is 3. The first-order valence-electron chi connectivity index (χ1n) is 5.98. The number of thiazole rings is 1. The highest BCUT2D eigenvalue weighted by atomic mass is 32.1. The van der Waals surface area contributed by atoms with Crippen LogP contribution in [0, 0.1) is 13.8 Å². The summed E-state index contributed by atoms with van der Waals surface area (Å²) in [5, 5.41) is 2.58. The minimum atomic E-state index is 0.595. The lowest BCUT2D eigenvalue weighted by molar-refractivity contribution is 0.923. The highest BCUT2D eigenvalue weighted by molar-refractivity contribution is 7.13. The van der Waals surface area contributed by atoms with Crippen molar-refractivity contribution in [2.75, 3.05) is 5.73 Å². The van der Waals surface area contributed by atoms with E-state index >= 15 is 0 Å². The molecule has 0 aliphatic heterocycles. The molecule has 3 aromatic rings. The van der Waals surface area contributed by atoms with E-state index in [4.69, 9.17) is 5.73 Å². The number of aromatic nitrogens is 3. The fraction of sp³-hybridized carbons (Fsp3) is 0.143. The van der Waals surface area contributed by atoms with Gasteiger partial charge in [0.15, 0.2) is 5.13 Å². The average molecular weight is 270 g/mol. The van der Waals surface area contributed by atoms with Crippen LogP contribution in [0.25, 0.3) is 17.1 Å². The van der Waals surface area contributed by atoms with E-state index < -0.39 is 0 Å². The van der Waals surface area contributed by atoms with E-state index in [-0.39, 0.29) is 0 Å². The van der Waals surface area contributed by atoms with Crippen LogP contribution in [0.5, 0.6) is 0 Å². The Morgan fingerprint density at radius 3 is 2.74 bits per heavy atom.